The van der Waals surface area contributed by atoms with Crippen molar-refractivity contribution >= 4 is 11.8 Å². The molecule has 0 saturated carbocycles. The van der Waals surface area contributed by atoms with Gasteiger partial charge in [0.15, 0.2) is 0 Å². The highest BCUT2D eigenvalue weighted by atomic mass is 16.2. The Balaban J connectivity index is 2.47. The minimum absolute atomic E-state index is 0.00485. The van der Waals surface area contributed by atoms with Crippen LogP contribution in [0.1, 0.15) is 52.9 Å². The van der Waals surface area contributed by atoms with Crippen LogP contribution in [0.15, 0.2) is 0 Å². The second kappa shape index (κ2) is 9.03. The standard InChI is InChI=1S/C16H31N3O2/c1-4-5-8-18-15(20)13-7-6-9-19(11-13)16(21)14(17)10-12(2)3/h12-14H,4-11,17H2,1-3H3,(H,18,20)/t13?,14-/m0/s1. The van der Waals surface area contributed by atoms with Crippen LogP contribution in [0.2, 0.25) is 0 Å². The second-order valence-electron chi connectivity index (χ2n) is 6.50. The number of hydrogen-bond acceptors (Lipinski definition) is 3. The van der Waals surface area contributed by atoms with Crippen LogP contribution in [-0.4, -0.2) is 42.4 Å². The maximum atomic E-state index is 12.3. The fourth-order valence-corrected chi connectivity index (χ4v) is 2.77. The quantitative estimate of drug-likeness (QED) is 0.700. The van der Waals surface area contributed by atoms with Gasteiger partial charge in [0.2, 0.25) is 11.8 Å². The monoisotopic (exact) mass is 297 g/mol. The fourth-order valence-electron chi connectivity index (χ4n) is 2.77. The maximum Gasteiger partial charge on any atom is 0.239 e. The number of nitrogens with two attached hydrogens (primary N) is 1. The van der Waals surface area contributed by atoms with Gasteiger partial charge in [-0.05, 0) is 31.6 Å². The zero-order valence-electron chi connectivity index (χ0n) is 13.7. The molecule has 1 heterocycles. The minimum Gasteiger partial charge on any atom is -0.356 e. The van der Waals surface area contributed by atoms with E-state index in [1.807, 2.05) is 0 Å². The first-order chi connectivity index (χ1) is 9.95. The van der Waals surface area contributed by atoms with E-state index in [1.54, 1.807) is 4.90 Å². The highest BCUT2D eigenvalue weighted by Crippen LogP contribution is 2.18. The van der Waals surface area contributed by atoms with Crippen molar-refractivity contribution in [2.24, 2.45) is 17.6 Å². The molecule has 0 spiro atoms. The summed E-state index contributed by atoms with van der Waals surface area (Å²) in [5.74, 6) is 0.404. The first-order valence-corrected chi connectivity index (χ1v) is 8.27. The van der Waals surface area contributed by atoms with Crippen molar-refractivity contribution in [1.82, 2.24) is 10.2 Å². The van der Waals surface area contributed by atoms with Gasteiger partial charge in [0.1, 0.15) is 0 Å². The molecule has 1 saturated heterocycles. The van der Waals surface area contributed by atoms with Gasteiger partial charge in [-0.25, -0.2) is 0 Å². The number of carbonyl (C=O) groups is 2. The Morgan fingerprint density at radius 3 is 2.71 bits per heavy atom. The Morgan fingerprint density at radius 2 is 2.10 bits per heavy atom. The Hall–Kier alpha value is -1.10. The number of piperidine rings is 1. The highest BCUT2D eigenvalue weighted by molar-refractivity contribution is 5.84. The summed E-state index contributed by atoms with van der Waals surface area (Å²) in [5, 5.41) is 2.97. The van der Waals surface area contributed by atoms with E-state index in [-0.39, 0.29) is 17.7 Å². The van der Waals surface area contributed by atoms with Crippen molar-refractivity contribution in [1.29, 1.82) is 0 Å². The molecule has 3 N–H and O–H groups in total. The fraction of sp³-hybridized carbons (Fsp3) is 0.875. The van der Waals surface area contributed by atoms with Crippen LogP contribution < -0.4 is 11.1 Å². The van der Waals surface area contributed by atoms with Crippen LogP contribution in [0.5, 0.6) is 0 Å². The lowest BCUT2D eigenvalue weighted by Gasteiger charge is -2.34. The summed E-state index contributed by atoms with van der Waals surface area (Å²) in [4.78, 5) is 26.2. The Labute approximate surface area is 128 Å². The van der Waals surface area contributed by atoms with Gasteiger partial charge in [-0.1, -0.05) is 27.2 Å². The molecule has 1 unspecified atom stereocenters. The van der Waals surface area contributed by atoms with Crippen molar-refractivity contribution in [3.8, 4) is 0 Å². The maximum absolute atomic E-state index is 12.3. The number of nitrogens with zero attached hydrogens (tertiary/aromatic N) is 1. The second-order valence-corrected chi connectivity index (χ2v) is 6.50. The lowest BCUT2D eigenvalue weighted by Crippen LogP contribution is -2.51. The van der Waals surface area contributed by atoms with Crippen LogP contribution in [0.4, 0.5) is 0 Å². The lowest BCUT2D eigenvalue weighted by atomic mass is 9.95. The van der Waals surface area contributed by atoms with Crippen molar-refractivity contribution in [2.45, 2.75) is 58.9 Å². The summed E-state index contributed by atoms with van der Waals surface area (Å²) in [7, 11) is 0. The summed E-state index contributed by atoms with van der Waals surface area (Å²) in [6.07, 6.45) is 4.51. The van der Waals surface area contributed by atoms with Gasteiger partial charge < -0.3 is 16.0 Å². The summed E-state index contributed by atoms with van der Waals surface area (Å²) in [5.41, 5.74) is 5.98. The number of rotatable bonds is 7. The first-order valence-electron chi connectivity index (χ1n) is 8.27. The normalized spacial score (nSPS) is 20.4. The topological polar surface area (TPSA) is 75.4 Å². The van der Waals surface area contributed by atoms with Crippen molar-refractivity contribution < 1.29 is 9.59 Å². The average molecular weight is 297 g/mol. The molecule has 2 amide bonds. The Morgan fingerprint density at radius 1 is 1.38 bits per heavy atom. The van der Waals surface area contributed by atoms with E-state index in [2.05, 4.69) is 26.1 Å². The molecule has 21 heavy (non-hydrogen) atoms. The highest BCUT2D eigenvalue weighted by Gasteiger charge is 2.30. The number of unbranched alkanes of at least 4 members (excludes halogenated alkanes) is 1. The van der Waals surface area contributed by atoms with E-state index < -0.39 is 6.04 Å². The third kappa shape index (κ3) is 6.04. The summed E-state index contributed by atoms with van der Waals surface area (Å²) >= 11 is 0. The number of likely N-dealkylation sites (tertiary alicyclic amines) is 1. The minimum atomic E-state index is -0.438. The van der Waals surface area contributed by atoms with E-state index in [0.29, 0.717) is 18.9 Å². The van der Waals surface area contributed by atoms with Crippen LogP contribution in [0.25, 0.3) is 0 Å². The van der Waals surface area contributed by atoms with Crippen molar-refractivity contribution in [3.63, 3.8) is 0 Å². The predicted octanol–water partition coefficient (Wildman–Crippen LogP) is 1.51. The lowest BCUT2D eigenvalue weighted by molar-refractivity contribution is -0.137. The summed E-state index contributed by atoms with van der Waals surface area (Å²) < 4.78 is 0. The molecule has 0 aliphatic carbocycles. The molecular formula is C16H31N3O2. The number of hydrogen-bond donors (Lipinski definition) is 2. The molecule has 0 aromatic rings. The molecule has 0 aromatic heterocycles. The molecule has 5 nitrogen and oxygen atoms in total. The van der Waals surface area contributed by atoms with Gasteiger partial charge in [-0.3, -0.25) is 9.59 Å². The molecule has 1 aliphatic heterocycles. The number of amides is 2. The van der Waals surface area contributed by atoms with E-state index in [9.17, 15) is 9.59 Å². The van der Waals surface area contributed by atoms with Crippen molar-refractivity contribution in [2.75, 3.05) is 19.6 Å². The van der Waals surface area contributed by atoms with E-state index >= 15 is 0 Å². The number of carbonyl (C=O) groups excluding carboxylic acids is 2. The van der Waals surface area contributed by atoms with E-state index in [4.69, 9.17) is 5.73 Å². The molecule has 1 aliphatic rings. The van der Waals surface area contributed by atoms with Crippen LogP contribution in [0.3, 0.4) is 0 Å². The van der Waals surface area contributed by atoms with Crippen LogP contribution in [-0.2, 0) is 9.59 Å². The number of nitrogens with one attached hydrogen (secondary N) is 1. The van der Waals surface area contributed by atoms with Gasteiger partial charge in [0.25, 0.3) is 0 Å². The van der Waals surface area contributed by atoms with E-state index in [0.717, 1.165) is 38.8 Å². The molecule has 1 rings (SSSR count). The Kier molecular flexibility index (Phi) is 7.72. The first kappa shape index (κ1) is 18.0. The van der Waals surface area contributed by atoms with Gasteiger partial charge in [-0.15, -0.1) is 0 Å². The van der Waals surface area contributed by atoms with Gasteiger partial charge in [0, 0.05) is 19.6 Å². The zero-order chi connectivity index (χ0) is 15.8. The molecular weight excluding hydrogens is 266 g/mol. The molecule has 122 valence electrons. The third-order valence-corrected chi connectivity index (χ3v) is 3.98. The average Bonchev–Trinajstić information content (AvgIpc) is 2.46. The molecule has 0 radical (unpaired) electrons. The van der Waals surface area contributed by atoms with Crippen LogP contribution in [0, 0.1) is 11.8 Å². The molecule has 0 aromatic carbocycles. The largest absolute Gasteiger partial charge is 0.356 e. The summed E-state index contributed by atoms with van der Waals surface area (Å²) in [6, 6.07) is -0.438. The van der Waals surface area contributed by atoms with E-state index in [1.165, 1.54) is 0 Å². The molecule has 5 heteroatoms. The SMILES string of the molecule is CCCCNC(=O)C1CCCN(C(=O)[C@@H](N)CC(C)C)C1. The Bertz CT molecular complexity index is 344. The van der Waals surface area contributed by atoms with Gasteiger partial charge >= 0.3 is 0 Å². The smallest absolute Gasteiger partial charge is 0.239 e. The zero-order valence-corrected chi connectivity index (χ0v) is 13.7. The van der Waals surface area contributed by atoms with Crippen LogP contribution >= 0.6 is 0 Å². The van der Waals surface area contributed by atoms with Gasteiger partial charge in [-0.2, -0.15) is 0 Å². The summed E-state index contributed by atoms with van der Waals surface area (Å²) in [6.45, 7) is 8.20. The molecule has 1 fully saturated rings. The third-order valence-electron chi connectivity index (χ3n) is 3.98. The molecule has 2 atom stereocenters. The predicted molar refractivity (Wildman–Crippen MR) is 84.7 cm³/mol. The van der Waals surface area contributed by atoms with Crippen molar-refractivity contribution in [3.05, 3.63) is 0 Å². The molecule has 0 bridgehead atoms. The van der Waals surface area contributed by atoms with Gasteiger partial charge in [0.05, 0.1) is 12.0 Å².